The van der Waals surface area contributed by atoms with Gasteiger partial charge in [0.1, 0.15) is 5.75 Å². The standard InChI is InChI=1S/C11H12ClN3O2S/c1-8-13-14-11(15(8)2)7-18(16)17-10-5-3-9(12)4-6-10/h3-6H,7H2,1-2H3/p+1. The Hall–Kier alpha value is -1.24. The van der Waals surface area contributed by atoms with E-state index in [1.165, 1.54) is 0 Å². The van der Waals surface area contributed by atoms with Gasteiger partial charge in [0, 0.05) is 11.9 Å². The lowest BCUT2D eigenvalue weighted by Crippen LogP contribution is -3.13. The maximum atomic E-state index is 11.8. The highest BCUT2D eigenvalue weighted by atomic mass is 35.5. The van der Waals surface area contributed by atoms with E-state index in [9.17, 15) is 4.21 Å². The quantitative estimate of drug-likeness (QED) is 0.883. The fourth-order valence-corrected chi connectivity index (χ4v) is 2.38. The molecule has 0 radical (unpaired) electrons. The van der Waals surface area contributed by atoms with Crippen LogP contribution in [0.2, 0.25) is 5.02 Å². The molecule has 2 rings (SSSR count). The lowest BCUT2D eigenvalue weighted by Gasteiger charge is -2.08. The number of rotatable bonds is 4. The molecule has 1 aromatic carbocycles. The van der Waals surface area contributed by atoms with Crippen molar-refractivity contribution < 1.29 is 13.3 Å². The van der Waals surface area contributed by atoms with Crippen molar-refractivity contribution in [3.63, 3.8) is 0 Å². The van der Waals surface area contributed by atoms with Crippen LogP contribution < -0.4 is 9.08 Å². The molecule has 0 aliphatic carbocycles. The lowest BCUT2D eigenvalue weighted by atomic mass is 10.3. The van der Waals surface area contributed by atoms with E-state index in [2.05, 4.69) is 10.2 Å². The summed E-state index contributed by atoms with van der Waals surface area (Å²) in [6, 6.07) is 6.72. The highest BCUT2D eigenvalue weighted by Gasteiger charge is 2.24. The minimum Gasteiger partial charge on any atom is -0.400 e. The molecule has 7 heteroatoms. The zero-order chi connectivity index (χ0) is 13.1. The van der Waals surface area contributed by atoms with Crippen molar-refractivity contribution in [2.24, 2.45) is 10.2 Å². The van der Waals surface area contributed by atoms with Crippen molar-refractivity contribution in [1.29, 1.82) is 0 Å². The topological polar surface area (TPSA) is 55.5 Å². The number of halogens is 1. The van der Waals surface area contributed by atoms with Gasteiger partial charge < -0.3 is 4.18 Å². The SMILES string of the molecule is CC1=NN=C(CS(=O)Oc2ccc(Cl)cc2)[NH+]1C. The summed E-state index contributed by atoms with van der Waals surface area (Å²) >= 11 is 4.28. The predicted molar refractivity (Wildman–Crippen MR) is 72.5 cm³/mol. The first-order chi connectivity index (χ1) is 8.56. The molecule has 1 aliphatic heterocycles. The summed E-state index contributed by atoms with van der Waals surface area (Å²) in [5.74, 6) is 2.31. The zero-order valence-corrected chi connectivity index (χ0v) is 11.6. The second-order valence-corrected chi connectivity index (χ2v) is 5.34. The van der Waals surface area contributed by atoms with Gasteiger partial charge in [-0.3, -0.25) is 0 Å². The van der Waals surface area contributed by atoms with Crippen LogP contribution in [0, 0.1) is 0 Å². The predicted octanol–water partition coefficient (Wildman–Crippen LogP) is 0.643. The number of nitrogens with zero attached hydrogens (tertiary/aromatic N) is 2. The zero-order valence-electron chi connectivity index (χ0n) is 10.0. The van der Waals surface area contributed by atoms with E-state index in [-0.39, 0.29) is 5.75 Å². The summed E-state index contributed by atoms with van der Waals surface area (Å²) in [6.07, 6.45) is 0. The molecule has 1 aromatic rings. The molecule has 5 nitrogen and oxygen atoms in total. The number of amidine groups is 2. The molecule has 1 aliphatic rings. The van der Waals surface area contributed by atoms with E-state index < -0.39 is 11.1 Å². The van der Waals surface area contributed by atoms with Crippen LogP contribution >= 0.6 is 11.6 Å². The molecule has 0 aromatic heterocycles. The molecule has 96 valence electrons. The Morgan fingerprint density at radius 1 is 1.33 bits per heavy atom. The number of nitrogens with one attached hydrogen (secondary N) is 1. The molecule has 0 amide bonds. The average molecular weight is 287 g/mol. The molecule has 0 saturated heterocycles. The fraction of sp³-hybridized carbons (Fsp3) is 0.273. The Balaban J connectivity index is 1.92. The minimum atomic E-state index is -1.47. The highest BCUT2D eigenvalue weighted by molar-refractivity contribution is 7.81. The van der Waals surface area contributed by atoms with Crippen molar-refractivity contribution in [2.45, 2.75) is 6.92 Å². The number of hydrogen-bond acceptors (Lipinski definition) is 4. The molecule has 1 N–H and O–H groups in total. The second-order valence-electron chi connectivity index (χ2n) is 3.84. The molecule has 2 unspecified atom stereocenters. The third-order valence-corrected chi connectivity index (χ3v) is 3.69. The first kappa shape index (κ1) is 13.2. The first-order valence-corrected chi connectivity index (χ1v) is 6.96. The molecule has 0 fully saturated rings. The summed E-state index contributed by atoms with van der Waals surface area (Å²) in [5.41, 5.74) is 0. The van der Waals surface area contributed by atoms with Crippen molar-refractivity contribution in [3.8, 4) is 5.75 Å². The van der Waals surface area contributed by atoms with Crippen LogP contribution in [-0.4, -0.2) is 28.7 Å². The molecule has 0 bridgehead atoms. The molecular formula is C11H13ClN3O2S+. The van der Waals surface area contributed by atoms with Crippen LogP contribution in [0.3, 0.4) is 0 Å². The van der Waals surface area contributed by atoms with E-state index >= 15 is 0 Å². The summed E-state index contributed by atoms with van der Waals surface area (Å²) in [6.45, 7) is 1.87. The van der Waals surface area contributed by atoms with Gasteiger partial charge in [0.25, 0.3) is 0 Å². The van der Waals surface area contributed by atoms with E-state index in [0.717, 1.165) is 10.7 Å². The van der Waals surface area contributed by atoms with Gasteiger partial charge >= 0.3 is 0 Å². The van der Waals surface area contributed by atoms with Crippen molar-refractivity contribution in [1.82, 2.24) is 0 Å². The van der Waals surface area contributed by atoms with Gasteiger partial charge in [0.15, 0.2) is 5.75 Å². The maximum absolute atomic E-state index is 11.8. The summed E-state index contributed by atoms with van der Waals surface area (Å²) in [5, 5.41) is 8.51. The Morgan fingerprint density at radius 2 is 2.00 bits per heavy atom. The van der Waals surface area contributed by atoms with Gasteiger partial charge in [-0.05, 0) is 24.3 Å². The van der Waals surface area contributed by atoms with E-state index in [0.29, 0.717) is 16.6 Å². The highest BCUT2D eigenvalue weighted by Crippen LogP contribution is 2.16. The molecule has 1 heterocycles. The number of benzene rings is 1. The van der Waals surface area contributed by atoms with Crippen LogP contribution in [0.25, 0.3) is 0 Å². The van der Waals surface area contributed by atoms with Crippen LogP contribution in [0.1, 0.15) is 6.92 Å². The Morgan fingerprint density at radius 3 is 2.56 bits per heavy atom. The largest absolute Gasteiger partial charge is 0.400 e. The molecule has 0 spiro atoms. The van der Waals surface area contributed by atoms with Gasteiger partial charge in [-0.1, -0.05) is 21.8 Å². The minimum absolute atomic E-state index is 0.231. The average Bonchev–Trinajstić information content (AvgIpc) is 2.64. The third kappa shape index (κ3) is 3.16. The van der Waals surface area contributed by atoms with E-state index in [1.54, 1.807) is 24.3 Å². The number of quaternary nitrogens is 1. The first-order valence-electron chi connectivity index (χ1n) is 5.34. The van der Waals surface area contributed by atoms with E-state index in [4.69, 9.17) is 15.8 Å². The fourth-order valence-electron chi connectivity index (χ4n) is 1.37. The molecular weight excluding hydrogens is 274 g/mol. The van der Waals surface area contributed by atoms with Gasteiger partial charge in [0.2, 0.25) is 22.8 Å². The van der Waals surface area contributed by atoms with Crippen LogP contribution in [-0.2, 0) is 11.1 Å². The van der Waals surface area contributed by atoms with Crippen LogP contribution in [0.4, 0.5) is 0 Å². The van der Waals surface area contributed by atoms with Gasteiger partial charge in [-0.15, -0.1) is 0 Å². The molecule has 18 heavy (non-hydrogen) atoms. The van der Waals surface area contributed by atoms with Crippen molar-refractivity contribution in [3.05, 3.63) is 29.3 Å². The molecule has 2 atom stereocenters. The van der Waals surface area contributed by atoms with Gasteiger partial charge in [-0.25, -0.2) is 9.11 Å². The van der Waals surface area contributed by atoms with E-state index in [1.807, 2.05) is 14.0 Å². The number of hydrogen-bond donors (Lipinski definition) is 1. The third-order valence-electron chi connectivity index (χ3n) is 2.55. The molecule has 0 saturated carbocycles. The normalized spacial score (nSPS) is 20.3. The Labute approximate surface area is 113 Å². The lowest BCUT2D eigenvalue weighted by molar-refractivity contribution is -0.673. The monoisotopic (exact) mass is 286 g/mol. The Bertz CT molecular complexity index is 528. The van der Waals surface area contributed by atoms with Crippen LogP contribution in [0.15, 0.2) is 34.5 Å². The summed E-state index contributed by atoms with van der Waals surface area (Å²) < 4.78 is 17.1. The smallest absolute Gasteiger partial charge is 0.243 e. The van der Waals surface area contributed by atoms with Crippen molar-refractivity contribution in [2.75, 3.05) is 12.8 Å². The summed E-state index contributed by atoms with van der Waals surface area (Å²) in [4.78, 5) is 0.961. The Kier molecular flexibility index (Phi) is 4.11. The van der Waals surface area contributed by atoms with Gasteiger partial charge in [-0.2, -0.15) is 0 Å². The van der Waals surface area contributed by atoms with Crippen LogP contribution in [0.5, 0.6) is 5.75 Å². The maximum Gasteiger partial charge on any atom is 0.243 e. The summed E-state index contributed by atoms with van der Waals surface area (Å²) in [7, 11) is 1.91. The second kappa shape index (κ2) is 5.60. The van der Waals surface area contributed by atoms with Gasteiger partial charge in [0.05, 0.1) is 7.05 Å². The van der Waals surface area contributed by atoms with Crippen molar-refractivity contribution >= 4 is 34.4 Å².